The highest BCUT2D eigenvalue weighted by Crippen LogP contribution is 2.31. The number of hydrogen-bond acceptors (Lipinski definition) is 2. The van der Waals surface area contributed by atoms with Gasteiger partial charge in [0.15, 0.2) is 0 Å². The number of amides is 1. The van der Waals surface area contributed by atoms with Crippen LogP contribution in [0.4, 0.5) is 23.2 Å². The van der Waals surface area contributed by atoms with Gasteiger partial charge in [0.25, 0.3) is 5.91 Å². The number of nitrogens with zero attached hydrogens (tertiary/aromatic N) is 1. The van der Waals surface area contributed by atoms with Crippen LogP contribution in [0.3, 0.4) is 0 Å². The smallest absolute Gasteiger partial charge is 0.321 e. The molecule has 1 amide bonds. The van der Waals surface area contributed by atoms with E-state index in [9.17, 15) is 22.4 Å². The maximum absolute atomic E-state index is 13.6. The molecular formula is C16H13ClF4N2O. The third kappa shape index (κ3) is 4.03. The first kappa shape index (κ1) is 18.2. The Morgan fingerprint density at radius 1 is 1.25 bits per heavy atom. The predicted molar refractivity (Wildman–Crippen MR) is 82.7 cm³/mol. The lowest BCUT2D eigenvalue weighted by atomic mass is 10.0. The van der Waals surface area contributed by atoms with Crippen molar-refractivity contribution >= 4 is 23.2 Å². The number of rotatable bonds is 3. The summed E-state index contributed by atoms with van der Waals surface area (Å²) in [5.74, 6) is -1.29. The minimum Gasteiger partial charge on any atom is -0.321 e. The Kier molecular flexibility index (Phi) is 5.13. The molecule has 0 aliphatic heterocycles. The Morgan fingerprint density at radius 3 is 2.46 bits per heavy atom. The Bertz CT molecular complexity index is 775. The maximum Gasteiger partial charge on any atom is 0.417 e. The van der Waals surface area contributed by atoms with Crippen molar-refractivity contribution < 1.29 is 22.4 Å². The van der Waals surface area contributed by atoms with Crippen molar-refractivity contribution in [2.24, 2.45) is 0 Å². The first-order valence-electron chi connectivity index (χ1n) is 6.93. The van der Waals surface area contributed by atoms with Crippen molar-refractivity contribution in [3.63, 3.8) is 0 Å². The van der Waals surface area contributed by atoms with Gasteiger partial charge in [0.1, 0.15) is 11.5 Å². The Morgan fingerprint density at radius 2 is 1.92 bits per heavy atom. The van der Waals surface area contributed by atoms with Crippen LogP contribution in [0.1, 0.15) is 41.4 Å². The molecule has 1 aromatic heterocycles. The van der Waals surface area contributed by atoms with Crippen molar-refractivity contribution in [3.8, 4) is 0 Å². The molecule has 0 radical (unpaired) electrons. The predicted octanol–water partition coefficient (Wildman–Crippen LogP) is 5.27. The van der Waals surface area contributed by atoms with Gasteiger partial charge in [-0.3, -0.25) is 4.79 Å². The third-order valence-corrected chi connectivity index (χ3v) is 3.55. The number of carbonyl (C=O) groups excluding carboxylic acids is 1. The van der Waals surface area contributed by atoms with Gasteiger partial charge in [0.2, 0.25) is 0 Å². The summed E-state index contributed by atoms with van der Waals surface area (Å²) in [7, 11) is 0. The average molecular weight is 361 g/mol. The van der Waals surface area contributed by atoms with Crippen molar-refractivity contribution in [1.29, 1.82) is 0 Å². The topological polar surface area (TPSA) is 42.0 Å². The molecule has 2 rings (SSSR count). The third-order valence-electron chi connectivity index (χ3n) is 3.26. The summed E-state index contributed by atoms with van der Waals surface area (Å²) in [6.45, 7) is 3.58. The Balaban J connectivity index is 2.26. The fourth-order valence-electron chi connectivity index (χ4n) is 2.01. The molecule has 128 valence electrons. The number of pyridine rings is 1. The second kappa shape index (κ2) is 6.76. The van der Waals surface area contributed by atoms with Crippen LogP contribution in [0.15, 0.2) is 30.5 Å². The van der Waals surface area contributed by atoms with Crippen LogP contribution in [-0.4, -0.2) is 10.9 Å². The second-order valence-electron chi connectivity index (χ2n) is 5.40. The van der Waals surface area contributed by atoms with E-state index in [0.29, 0.717) is 23.5 Å². The first-order valence-corrected chi connectivity index (χ1v) is 7.31. The summed E-state index contributed by atoms with van der Waals surface area (Å²) in [6, 6.07) is 4.63. The second-order valence-corrected chi connectivity index (χ2v) is 5.80. The van der Waals surface area contributed by atoms with Crippen molar-refractivity contribution in [3.05, 3.63) is 58.1 Å². The molecule has 1 aromatic carbocycles. The molecule has 0 aliphatic carbocycles. The zero-order valence-corrected chi connectivity index (χ0v) is 13.5. The van der Waals surface area contributed by atoms with Gasteiger partial charge in [-0.15, -0.1) is 0 Å². The van der Waals surface area contributed by atoms with Crippen LogP contribution in [0.25, 0.3) is 0 Å². The van der Waals surface area contributed by atoms with Gasteiger partial charge < -0.3 is 5.32 Å². The van der Waals surface area contributed by atoms with Crippen LogP contribution in [0, 0.1) is 5.82 Å². The van der Waals surface area contributed by atoms with Crippen molar-refractivity contribution in [2.75, 3.05) is 5.32 Å². The summed E-state index contributed by atoms with van der Waals surface area (Å²) in [6.07, 6.45) is -4.07. The molecule has 0 saturated carbocycles. The van der Waals surface area contributed by atoms with Gasteiger partial charge in [-0.25, -0.2) is 9.37 Å². The van der Waals surface area contributed by atoms with Crippen molar-refractivity contribution in [1.82, 2.24) is 4.98 Å². The fraction of sp³-hybridized carbons (Fsp3) is 0.250. The zero-order valence-electron chi connectivity index (χ0n) is 12.7. The van der Waals surface area contributed by atoms with Crippen LogP contribution in [0.2, 0.25) is 5.02 Å². The monoisotopic (exact) mass is 360 g/mol. The molecule has 8 heteroatoms. The number of alkyl halides is 3. The summed E-state index contributed by atoms with van der Waals surface area (Å²) in [5, 5.41) is 2.02. The molecule has 1 heterocycles. The number of aromatic nitrogens is 1. The highest BCUT2D eigenvalue weighted by Gasteiger charge is 2.32. The highest BCUT2D eigenvalue weighted by atomic mass is 35.5. The summed E-state index contributed by atoms with van der Waals surface area (Å²) < 4.78 is 51.4. The average Bonchev–Trinajstić information content (AvgIpc) is 2.47. The van der Waals surface area contributed by atoms with Gasteiger partial charge in [-0.1, -0.05) is 25.4 Å². The van der Waals surface area contributed by atoms with E-state index in [-0.39, 0.29) is 11.6 Å². The molecule has 0 aliphatic rings. The SMILES string of the molecule is CC(C)c1cc(NC(=O)c2ncc(C(F)(F)F)cc2Cl)ccc1F. The lowest BCUT2D eigenvalue weighted by Gasteiger charge is -2.12. The number of carbonyl (C=O) groups is 1. The molecule has 0 fully saturated rings. The van der Waals surface area contributed by atoms with E-state index in [1.54, 1.807) is 13.8 Å². The van der Waals surface area contributed by atoms with Gasteiger partial charge in [0, 0.05) is 11.9 Å². The van der Waals surface area contributed by atoms with E-state index in [2.05, 4.69) is 10.3 Å². The minimum atomic E-state index is -4.60. The van der Waals surface area contributed by atoms with E-state index in [0.717, 1.165) is 0 Å². The lowest BCUT2D eigenvalue weighted by molar-refractivity contribution is -0.137. The van der Waals surface area contributed by atoms with Crippen LogP contribution >= 0.6 is 11.6 Å². The lowest BCUT2D eigenvalue weighted by Crippen LogP contribution is -2.16. The van der Waals surface area contributed by atoms with Gasteiger partial charge in [0.05, 0.1) is 10.6 Å². The quantitative estimate of drug-likeness (QED) is 0.758. The number of nitrogens with one attached hydrogen (secondary N) is 1. The number of hydrogen-bond donors (Lipinski definition) is 1. The largest absolute Gasteiger partial charge is 0.417 e. The summed E-state index contributed by atoms with van der Waals surface area (Å²) in [4.78, 5) is 15.6. The number of halogens is 5. The summed E-state index contributed by atoms with van der Waals surface area (Å²) in [5.41, 5.74) is -0.699. The van der Waals surface area contributed by atoms with Crippen LogP contribution in [-0.2, 0) is 6.18 Å². The Labute approximate surface area is 140 Å². The molecular weight excluding hydrogens is 348 g/mol. The highest BCUT2D eigenvalue weighted by molar-refractivity contribution is 6.34. The number of anilines is 1. The van der Waals surface area contributed by atoms with E-state index >= 15 is 0 Å². The molecule has 0 bridgehead atoms. The Hall–Kier alpha value is -2.15. The number of benzene rings is 1. The molecule has 24 heavy (non-hydrogen) atoms. The first-order chi connectivity index (χ1) is 11.1. The molecule has 0 spiro atoms. The molecule has 0 atom stereocenters. The zero-order chi connectivity index (χ0) is 18.1. The summed E-state index contributed by atoms with van der Waals surface area (Å²) >= 11 is 5.72. The molecule has 3 nitrogen and oxygen atoms in total. The molecule has 2 aromatic rings. The molecule has 0 unspecified atom stereocenters. The van der Waals surface area contributed by atoms with Gasteiger partial charge in [-0.2, -0.15) is 13.2 Å². The normalized spacial score (nSPS) is 11.7. The standard InChI is InChI=1S/C16H13ClF4N2O/c1-8(2)11-6-10(3-4-13(11)18)23-15(24)14-12(17)5-9(7-22-14)16(19,20)21/h3-8H,1-2H3,(H,23,24). The van der Waals surface area contributed by atoms with Crippen LogP contribution in [0.5, 0.6) is 0 Å². The van der Waals surface area contributed by atoms with E-state index < -0.39 is 28.5 Å². The molecule has 1 N–H and O–H groups in total. The van der Waals surface area contributed by atoms with Crippen LogP contribution < -0.4 is 5.32 Å². The maximum atomic E-state index is 13.6. The van der Waals surface area contributed by atoms with Gasteiger partial charge >= 0.3 is 6.18 Å². The van der Waals surface area contributed by atoms with E-state index in [4.69, 9.17) is 11.6 Å². The minimum absolute atomic E-state index is 0.102. The van der Waals surface area contributed by atoms with E-state index in [1.807, 2.05) is 0 Å². The van der Waals surface area contributed by atoms with Crippen molar-refractivity contribution in [2.45, 2.75) is 25.9 Å². The molecule has 0 saturated heterocycles. The van der Waals surface area contributed by atoms with E-state index in [1.165, 1.54) is 18.2 Å². The fourth-order valence-corrected chi connectivity index (χ4v) is 2.27. The van der Waals surface area contributed by atoms with Gasteiger partial charge in [-0.05, 0) is 35.7 Å².